The molecule has 4 aromatic rings. The van der Waals surface area contributed by atoms with Crippen LogP contribution >= 0.6 is 0 Å². The van der Waals surface area contributed by atoms with Gasteiger partial charge in [0.2, 0.25) is 0 Å². The Morgan fingerprint density at radius 3 is 2.58 bits per heavy atom. The van der Waals surface area contributed by atoms with E-state index < -0.39 is 17.4 Å². The third kappa shape index (κ3) is 2.59. The minimum absolute atomic E-state index is 0.00289. The fourth-order valence-electron chi connectivity index (χ4n) is 2.82. The summed E-state index contributed by atoms with van der Waals surface area (Å²) in [4.78, 5) is 12.3. The van der Waals surface area contributed by atoms with Crippen molar-refractivity contribution in [1.29, 1.82) is 0 Å². The van der Waals surface area contributed by atoms with Crippen molar-refractivity contribution in [2.24, 2.45) is 0 Å². The van der Waals surface area contributed by atoms with E-state index >= 15 is 0 Å². The lowest BCUT2D eigenvalue weighted by Gasteiger charge is -2.11. The molecule has 2 aromatic carbocycles. The zero-order valence-corrected chi connectivity index (χ0v) is 13.3. The Morgan fingerprint density at radius 1 is 0.885 bits per heavy atom. The summed E-state index contributed by atoms with van der Waals surface area (Å²) in [6.45, 7) is 0. The molecule has 0 aliphatic heterocycles. The van der Waals surface area contributed by atoms with Gasteiger partial charge in [0.1, 0.15) is 18.0 Å². The smallest absolute Gasteiger partial charge is 0.167 e. The predicted molar refractivity (Wildman–Crippen MR) is 94.2 cm³/mol. The van der Waals surface area contributed by atoms with E-state index in [0.717, 1.165) is 6.07 Å². The Balaban J connectivity index is 1.95. The van der Waals surface area contributed by atoms with Gasteiger partial charge in [0.05, 0.1) is 11.2 Å². The molecule has 0 unspecified atom stereocenters. The van der Waals surface area contributed by atoms with Crippen LogP contribution in [0.15, 0.2) is 55.0 Å². The average molecular weight is 350 g/mol. The van der Waals surface area contributed by atoms with E-state index in [4.69, 9.17) is 5.73 Å². The van der Waals surface area contributed by atoms with Crippen molar-refractivity contribution in [2.45, 2.75) is 0 Å². The number of phenolic OH excluding ortho intramolecular Hbond substituents is 1. The zero-order chi connectivity index (χ0) is 18.3. The molecule has 3 N–H and O–H groups in total. The first-order chi connectivity index (χ1) is 12.5. The number of hydrogen-bond acceptors (Lipinski definition) is 5. The molecule has 0 fully saturated rings. The second-order valence-corrected chi connectivity index (χ2v) is 5.67. The van der Waals surface area contributed by atoms with E-state index in [1.54, 1.807) is 30.3 Å². The molecule has 0 aliphatic carbocycles. The van der Waals surface area contributed by atoms with Crippen LogP contribution in [0.1, 0.15) is 0 Å². The van der Waals surface area contributed by atoms with Gasteiger partial charge in [-0.2, -0.15) is 0 Å². The molecule has 2 heterocycles. The van der Waals surface area contributed by atoms with Crippen LogP contribution < -0.4 is 5.73 Å². The fourth-order valence-corrected chi connectivity index (χ4v) is 2.82. The van der Waals surface area contributed by atoms with Gasteiger partial charge >= 0.3 is 0 Å². The van der Waals surface area contributed by atoms with Crippen LogP contribution in [0.2, 0.25) is 0 Å². The third-order valence-electron chi connectivity index (χ3n) is 4.08. The Kier molecular flexibility index (Phi) is 3.69. The van der Waals surface area contributed by atoms with Gasteiger partial charge in [-0.25, -0.2) is 18.7 Å². The molecule has 26 heavy (non-hydrogen) atoms. The third-order valence-corrected chi connectivity index (χ3v) is 4.08. The number of anilines is 1. The summed E-state index contributed by atoms with van der Waals surface area (Å²) in [5, 5.41) is 10.3. The standard InChI is InChI=1S/C19H12F2N4O/c20-14-8-15(21)17(26)7-12(14)18-11(2-1-5-23-18)10-3-4-16-13(6-10)19(22)25-9-24-16/h1-9,26H,(H2,22,24,25). The summed E-state index contributed by atoms with van der Waals surface area (Å²) >= 11 is 0. The second-order valence-electron chi connectivity index (χ2n) is 5.67. The van der Waals surface area contributed by atoms with Crippen LogP contribution in [0.4, 0.5) is 14.6 Å². The number of nitrogens with two attached hydrogens (primary N) is 1. The molecule has 5 nitrogen and oxygen atoms in total. The first-order valence-electron chi connectivity index (χ1n) is 7.68. The average Bonchev–Trinajstić information content (AvgIpc) is 2.65. The molecule has 0 amide bonds. The second kappa shape index (κ2) is 6.03. The maximum absolute atomic E-state index is 14.3. The van der Waals surface area contributed by atoms with Crippen LogP contribution in [-0.2, 0) is 0 Å². The molecular formula is C19H12F2N4O. The van der Waals surface area contributed by atoms with Gasteiger partial charge in [-0.15, -0.1) is 0 Å². The summed E-state index contributed by atoms with van der Waals surface area (Å²) in [5.74, 6) is -2.16. The number of benzene rings is 2. The van der Waals surface area contributed by atoms with Crippen LogP contribution in [0.3, 0.4) is 0 Å². The van der Waals surface area contributed by atoms with Crippen molar-refractivity contribution in [2.75, 3.05) is 5.73 Å². The molecule has 0 aliphatic rings. The maximum atomic E-state index is 14.3. The number of rotatable bonds is 2. The molecule has 0 saturated heterocycles. The lowest BCUT2D eigenvalue weighted by Crippen LogP contribution is -1.95. The lowest BCUT2D eigenvalue weighted by molar-refractivity contribution is 0.428. The molecule has 0 saturated carbocycles. The number of aromatic hydroxyl groups is 1. The highest BCUT2D eigenvalue weighted by Gasteiger charge is 2.16. The minimum Gasteiger partial charge on any atom is -0.505 e. The number of nitrogen functional groups attached to an aromatic ring is 1. The molecule has 128 valence electrons. The minimum atomic E-state index is -1.03. The van der Waals surface area contributed by atoms with E-state index in [1.165, 1.54) is 12.5 Å². The number of hydrogen-bond donors (Lipinski definition) is 2. The molecule has 2 aromatic heterocycles. The largest absolute Gasteiger partial charge is 0.505 e. The highest BCUT2D eigenvalue weighted by atomic mass is 19.1. The molecular weight excluding hydrogens is 338 g/mol. The first kappa shape index (κ1) is 15.9. The number of nitrogens with zero attached hydrogens (tertiary/aromatic N) is 3. The topological polar surface area (TPSA) is 84.9 Å². The van der Waals surface area contributed by atoms with Gasteiger partial charge in [0, 0.05) is 28.8 Å². The van der Waals surface area contributed by atoms with Gasteiger partial charge in [-0.1, -0.05) is 12.1 Å². The molecule has 0 radical (unpaired) electrons. The van der Waals surface area contributed by atoms with Crippen molar-refractivity contribution in [3.05, 3.63) is 66.6 Å². The van der Waals surface area contributed by atoms with E-state index in [9.17, 15) is 13.9 Å². The van der Waals surface area contributed by atoms with Crippen molar-refractivity contribution in [1.82, 2.24) is 15.0 Å². The Labute approximate surface area is 146 Å². The number of fused-ring (bicyclic) bond motifs is 1. The molecule has 4 rings (SSSR count). The Bertz CT molecular complexity index is 1150. The van der Waals surface area contributed by atoms with Crippen molar-refractivity contribution >= 4 is 16.7 Å². The molecule has 0 atom stereocenters. The number of aromatic nitrogens is 3. The molecule has 0 spiro atoms. The summed E-state index contributed by atoms with van der Waals surface area (Å²) in [6, 6.07) is 10.5. The van der Waals surface area contributed by atoms with Gasteiger partial charge in [0.25, 0.3) is 0 Å². The summed E-state index contributed by atoms with van der Waals surface area (Å²) in [5.41, 5.74) is 8.17. The first-order valence-corrected chi connectivity index (χ1v) is 7.68. The Hall–Kier alpha value is -3.61. The van der Waals surface area contributed by atoms with E-state index in [0.29, 0.717) is 33.9 Å². The van der Waals surface area contributed by atoms with Crippen molar-refractivity contribution in [3.63, 3.8) is 0 Å². The SMILES string of the molecule is Nc1ncnc2ccc(-c3cccnc3-c3cc(O)c(F)cc3F)cc12. The van der Waals surface area contributed by atoms with Crippen LogP contribution in [0.5, 0.6) is 5.75 Å². The quantitative estimate of drug-likeness (QED) is 0.572. The normalized spacial score (nSPS) is 11.0. The molecule has 7 heteroatoms. The number of pyridine rings is 1. The predicted octanol–water partition coefficient (Wildman–Crippen LogP) is 3.92. The summed E-state index contributed by atoms with van der Waals surface area (Å²) in [6.07, 6.45) is 2.88. The lowest BCUT2D eigenvalue weighted by atomic mass is 9.97. The monoisotopic (exact) mass is 350 g/mol. The number of halogens is 2. The van der Waals surface area contributed by atoms with Gasteiger partial charge < -0.3 is 10.8 Å². The number of phenols is 1. The van der Waals surface area contributed by atoms with E-state index in [-0.39, 0.29) is 11.3 Å². The van der Waals surface area contributed by atoms with Gasteiger partial charge in [-0.3, -0.25) is 4.98 Å². The maximum Gasteiger partial charge on any atom is 0.167 e. The zero-order valence-electron chi connectivity index (χ0n) is 13.3. The van der Waals surface area contributed by atoms with Crippen LogP contribution in [-0.4, -0.2) is 20.1 Å². The Morgan fingerprint density at radius 2 is 1.73 bits per heavy atom. The van der Waals surface area contributed by atoms with Gasteiger partial charge in [-0.05, 0) is 29.8 Å². The van der Waals surface area contributed by atoms with Gasteiger partial charge in [0.15, 0.2) is 11.6 Å². The van der Waals surface area contributed by atoms with E-state index in [2.05, 4.69) is 15.0 Å². The van der Waals surface area contributed by atoms with Crippen LogP contribution in [0, 0.1) is 11.6 Å². The summed E-state index contributed by atoms with van der Waals surface area (Å²) in [7, 11) is 0. The van der Waals surface area contributed by atoms with Crippen molar-refractivity contribution < 1.29 is 13.9 Å². The van der Waals surface area contributed by atoms with Crippen molar-refractivity contribution in [3.8, 4) is 28.1 Å². The molecule has 0 bridgehead atoms. The fraction of sp³-hybridized carbons (Fsp3) is 0. The van der Waals surface area contributed by atoms with E-state index in [1.807, 2.05) is 0 Å². The highest BCUT2D eigenvalue weighted by Crippen LogP contribution is 2.35. The highest BCUT2D eigenvalue weighted by molar-refractivity contribution is 5.93. The van der Waals surface area contributed by atoms with Crippen LogP contribution in [0.25, 0.3) is 33.3 Å². The summed E-state index contributed by atoms with van der Waals surface area (Å²) < 4.78 is 27.7.